The molecule has 1 unspecified atom stereocenters. The molecule has 4 rings (SSSR count). The Hall–Kier alpha value is -3.54. The van der Waals surface area contributed by atoms with Gasteiger partial charge in [0.05, 0.1) is 25.3 Å². The molecule has 160 valence electrons. The predicted octanol–water partition coefficient (Wildman–Crippen LogP) is 4.75. The van der Waals surface area contributed by atoms with E-state index in [2.05, 4.69) is 53.3 Å². The normalized spacial score (nSPS) is 13.7. The molecule has 0 fully saturated rings. The number of pyridine rings is 1. The Kier molecular flexibility index (Phi) is 6.07. The first-order chi connectivity index (χ1) is 15.0. The van der Waals surface area contributed by atoms with Gasteiger partial charge in [0.15, 0.2) is 5.82 Å². The Labute approximate surface area is 182 Å². The van der Waals surface area contributed by atoms with E-state index in [0.29, 0.717) is 12.2 Å². The number of hydrogen-bond acceptors (Lipinski definition) is 6. The minimum Gasteiger partial charge on any atom is -0.489 e. The first-order valence-electron chi connectivity index (χ1n) is 10.4. The number of fused-ring (bicyclic) bond motifs is 1. The Balaban J connectivity index is 1.56. The van der Waals surface area contributed by atoms with Gasteiger partial charge in [-0.1, -0.05) is 42.0 Å². The maximum atomic E-state index is 11.7. The molecule has 31 heavy (non-hydrogen) atoms. The Morgan fingerprint density at radius 3 is 2.61 bits per heavy atom. The number of rotatable bonds is 6. The predicted molar refractivity (Wildman–Crippen MR) is 122 cm³/mol. The monoisotopic (exact) mass is 417 g/mol. The third-order valence-electron chi connectivity index (χ3n) is 5.50. The van der Waals surface area contributed by atoms with Crippen LogP contribution in [0.3, 0.4) is 0 Å². The van der Waals surface area contributed by atoms with Crippen molar-refractivity contribution in [1.29, 1.82) is 0 Å². The van der Waals surface area contributed by atoms with Gasteiger partial charge >= 0.3 is 5.97 Å². The van der Waals surface area contributed by atoms with Crippen LogP contribution in [0.15, 0.2) is 60.8 Å². The SMILES string of the molecule is COC(=O)c1ccc(C(C)Nc2nccc3c2N(Cc2ccc(C)cc2)CCO3)cc1. The molecule has 0 spiro atoms. The third kappa shape index (κ3) is 4.63. The average molecular weight is 418 g/mol. The van der Waals surface area contributed by atoms with E-state index in [1.54, 1.807) is 18.3 Å². The number of hydrogen-bond donors (Lipinski definition) is 1. The summed E-state index contributed by atoms with van der Waals surface area (Å²) in [6, 6.07) is 17.9. The average Bonchev–Trinajstić information content (AvgIpc) is 2.80. The van der Waals surface area contributed by atoms with E-state index in [-0.39, 0.29) is 12.0 Å². The summed E-state index contributed by atoms with van der Waals surface area (Å²) in [7, 11) is 1.38. The van der Waals surface area contributed by atoms with E-state index in [1.807, 2.05) is 18.2 Å². The fraction of sp³-hybridized carbons (Fsp3) is 0.280. The lowest BCUT2D eigenvalue weighted by atomic mass is 10.1. The first kappa shape index (κ1) is 20.7. The van der Waals surface area contributed by atoms with Gasteiger partial charge in [0.25, 0.3) is 0 Å². The quantitative estimate of drug-likeness (QED) is 0.584. The van der Waals surface area contributed by atoms with Crippen LogP contribution >= 0.6 is 0 Å². The highest BCUT2D eigenvalue weighted by Gasteiger charge is 2.24. The molecule has 2 aromatic carbocycles. The molecular weight excluding hydrogens is 390 g/mol. The van der Waals surface area contributed by atoms with Crippen molar-refractivity contribution in [2.75, 3.05) is 30.5 Å². The lowest BCUT2D eigenvalue weighted by Crippen LogP contribution is -2.33. The number of ether oxygens (including phenoxy) is 2. The second kappa shape index (κ2) is 9.08. The van der Waals surface area contributed by atoms with Gasteiger partial charge in [0, 0.05) is 18.8 Å². The summed E-state index contributed by atoms with van der Waals surface area (Å²) in [5.74, 6) is 1.29. The largest absolute Gasteiger partial charge is 0.489 e. The van der Waals surface area contributed by atoms with Crippen molar-refractivity contribution in [3.8, 4) is 5.75 Å². The van der Waals surface area contributed by atoms with E-state index in [0.717, 1.165) is 35.9 Å². The fourth-order valence-corrected chi connectivity index (χ4v) is 3.73. The Morgan fingerprint density at radius 1 is 1.16 bits per heavy atom. The van der Waals surface area contributed by atoms with E-state index < -0.39 is 0 Å². The van der Waals surface area contributed by atoms with Crippen molar-refractivity contribution in [3.05, 3.63) is 83.0 Å². The van der Waals surface area contributed by atoms with Crippen LogP contribution in [-0.2, 0) is 11.3 Å². The van der Waals surface area contributed by atoms with E-state index in [4.69, 9.17) is 9.47 Å². The van der Waals surface area contributed by atoms with Crippen LogP contribution in [0.1, 0.15) is 40.0 Å². The molecule has 6 heteroatoms. The lowest BCUT2D eigenvalue weighted by Gasteiger charge is -2.33. The van der Waals surface area contributed by atoms with Gasteiger partial charge in [0.2, 0.25) is 0 Å². The number of anilines is 2. The molecule has 1 aliphatic rings. The molecule has 0 saturated carbocycles. The second-order valence-corrected chi connectivity index (χ2v) is 7.74. The number of aryl methyl sites for hydroxylation is 1. The van der Waals surface area contributed by atoms with Crippen molar-refractivity contribution in [1.82, 2.24) is 4.98 Å². The first-order valence-corrected chi connectivity index (χ1v) is 10.4. The standard InChI is InChI=1S/C25H27N3O3/c1-17-4-6-19(7-5-17)16-28-14-15-31-22-12-13-26-24(23(22)28)27-18(2)20-8-10-21(11-9-20)25(29)30-3/h4-13,18H,14-16H2,1-3H3,(H,26,27). The summed E-state index contributed by atoms with van der Waals surface area (Å²) >= 11 is 0. The highest BCUT2D eigenvalue weighted by Crippen LogP contribution is 2.39. The van der Waals surface area contributed by atoms with E-state index in [1.165, 1.54) is 18.2 Å². The second-order valence-electron chi connectivity index (χ2n) is 7.74. The molecule has 3 aromatic rings. The lowest BCUT2D eigenvalue weighted by molar-refractivity contribution is 0.0600. The molecule has 0 saturated heterocycles. The van der Waals surface area contributed by atoms with Gasteiger partial charge in [-0.15, -0.1) is 0 Å². The van der Waals surface area contributed by atoms with E-state index in [9.17, 15) is 4.79 Å². The molecular formula is C25H27N3O3. The molecule has 0 amide bonds. The number of carbonyl (C=O) groups is 1. The number of methoxy groups -OCH3 is 1. The maximum Gasteiger partial charge on any atom is 0.337 e. The smallest absolute Gasteiger partial charge is 0.337 e. The Bertz CT molecular complexity index is 1050. The molecule has 6 nitrogen and oxygen atoms in total. The highest BCUT2D eigenvalue weighted by atomic mass is 16.5. The number of carbonyl (C=O) groups excluding carboxylic acids is 1. The summed E-state index contributed by atoms with van der Waals surface area (Å²) in [6.45, 7) is 6.40. The molecule has 1 aliphatic heterocycles. The van der Waals surface area contributed by atoms with Crippen molar-refractivity contribution in [2.45, 2.75) is 26.4 Å². The van der Waals surface area contributed by atoms with Crippen LogP contribution < -0.4 is 15.0 Å². The summed E-state index contributed by atoms with van der Waals surface area (Å²) < 4.78 is 10.7. The number of esters is 1. The molecule has 1 N–H and O–H groups in total. The minimum absolute atomic E-state index is 0.00570. The molecule has 1 atom stereocenters. The van der Waals surface area contributed by atoms with Gasteiger partial charge in [-0.3, -0.25) is 0 Å². The maximum absolute atomic E-state index is 11.7. The number of aromatic nitrogens is 1. The third-order valence-corrected chi connectivity index (χ3v) is 5.50. The minimum atomic E-state index is -0.338. The summed E-state index contributed by atoms with van der Waals surface area (Å²) in [5.41, 5.74) is 5.06. The van der Waals surface area contributed by atoms with E-state index >= 15 is 0 Å². The molecule has 0 aliphatic carbocycles. The van der Waals surface area contributed by atoms with Gasteiger partial charge in [0.1, 0.15) is 18.0 Å². The highest BCUT2D eigenvalue weighted by molar-refractivity contribution is 5.89. The molecule has 1 aromatic heterocycles. The molecule has 2 heterocycles. The summed E-state index contributed by atoms with van der Waals surface area (Å²) in [5, 5.41) is 3.52. The van der Waals surface area contributed by atoms with Gasteiger partial charge < -0.3 is 19.7 Å². The van der Waals surface area contributed by atoms with Crippen LogP contribution in [-0.4, -0.2) is 31.2 Å². The number of benzene rings is 2. The van der Waals surface area contributed by atoms with Crippen LogP contribution in [0.4, 0.5) is 11.5 Å². The number of nitrogens with one attached hydrogen (secondary N) is 1. The van der Waals surface area contributed by atoms with Gasteiger partial charge in [-0.2, -0.15) is 0 Å². The van der Waals surface area contributed by atoms with Crippen LogP contribution in [0.5, 0.6) is 5.75 Å². The zero-order chi connectivity index (χ0) is 21.8. The van der Waals surface area contributed by atoms with Crippen molar-refractivity contribution in [3.63, 3.8) is 0 Å². The van der Waals surface area contributed by atoms with Crippen molar-refractivity contribution >= 4 is 17.5 Å². The zero-order valence-electron chi connectivity index (χ0n) is 18.1. The van der Waals surface area contributed by atoms with Crippen LogP contribution in [0.2, 0.25) is 0 Å². The van der Waals surface area contributed by atoms with Crippen molar-refractivity contribution < 1.29 is 14.3 Å². The number of nitrogens with zero attached hydrogens (tertiary/aromatic N) is 2. The Morgan fingerprint density at radius 2 is 1.90 bits per heavy atom. The van der Waals surface area contributed by atoms with Crippen molar-refractivity contribution in [2.24, 2.45) is 0 Å². The summed E-state index contributed by atoms with van der Waals surface area (Å²) in [6.07, 6.45) is 1.77. The van der Waals surface area contributed by atoms with Gasteiger partial charge in [-0.05, 0) is 37.1 Å². The zero-order valence-corrected chi connectivity index (χ0v) is 18.1. The van der Waals surface area contributed by atoms with Gasteiger partial charge in [-0.25, -0.2) is 9.78 Å². The summed E-state index contributed by atoms with van der Waals surface area (Å²) in [4.78, 5) is 18.6. The van der Waals surface area contributed by atoms with Crippen LogP contribution in [0.25, 0.3) is 0 Å². The molecule has 0 radical (unpaired) electrons. The molecule has 0 bridgehead atoms. The van der Waals surface area contributed by atoms with Crippen LogP contribution in [0, 0.1) is 6.92 Å². The topological polar surface area (TPSA) is 63.7 Å². The fourth-order valence-electron chi connectivity index (χ4n) is 3.73.